The van der Waals surface area contributed by atoms with E-state index in [1.54, 1.807) is 0 Å². The van der Waals surface area contributed by atoms with Gasteiger partial charge in [0.2, 0.25) is 0 Å². The molecule has 1 radical (unpaired) electrons. The molecule has 0 amide bonds. The third kappa shape index (κ3) is 1.03. The summed E-state index contributed by atoms with van der Waals surface area (Å²) >= 11 is 0. The van der Waals surface area contributed by atoms with Crippen LogP contribution in [0.3, 0.4) is 0 Å². The number of hydrogen-bond donors (Lipinski definition) is 0. The molecule has 2 heterocycles. The predicted octanol–water partition coefficient (Wildman–Crippen LogP) is 0.930. The highest BCUT2D eigenvalue weighted by Crippen LogP contribution is 2.16. The van der Waals surface area contributed by atoms with Gasteiger partial charge in [-0.3, -0.25) is 0 Å². The largest absolute Gasteiger partial charge is 0.361 e. The molecule has 2 rings (SSSR count). The Morgan fingerprint density at radius 2 is 2.50 bits per heavy atom. The third-order valence-corrected chi connectivity index (χ3v) is 2.19. The quantitative estimate of drug-likeness (QED) is 0.525. The van der Waals surface area contributed by atoms with Crippen LogP contribution < -0.4 is 5.32 Å². The molecule has 55 valence electrons. The maximum absolute atomic E-state index is 4.49. The second kappa shape index (κ2) is 2.62. The summed E-state index contributed by atoms with van der Waals surface area (Å²) in [5, 5.41) is 4.49. The van der Waals surface area contributed by atoms with Gasteiger partial charge in [-0.2, -0.15) is 0 Å². The summed E-state index contributed by atoms with van der Waals surface area (Å²) in [7, 11) is 0. The van der Waals surface area contributed by atoms with Gasteiger partial charge in [0.15, 0.2) is 0 Å². The minimum Gasteiger partial charge on any atom is -0.361 e. The molecular formula is C8H13N2. The van der Waals surface area contributed by atoms with Crippen LogP contribution in [-0.4, -0.2) is 24.2 Å². The maximum atomic E-state index is 4.49. The first-order valence-electron chi connectivity index (χ1n) is 4.06. The highest BCUT2D eigenvalue weighted by atomic mass is 15.3. The van der Waals surface area contributed by atoms with E-state index >= 15 is 0 Å². The smallest absolute Gasteiger partial charge is 0.0949 e. The van der Waals surface area contributed by atoms with Gasteiger partial charge in [0, 0.05) is 13.1 Å². The first-order valence-corrected chi connectivity index (χ1v) is 4.06. The predicted molar refractivity (Wildman–Crippen MR) is 40.5 cm³/mol. The molecule has 0 aliphatic carbocycles. The molecule has 2 aliphatic rings. The first kappa shape index (κ1) is 6.23. The van der Waals surface area contributed by atoms with E-state index in [1.165, 1.54) is 25.8 Å². The maximum Gasteiger partial charge on any atom is 0.0949 e. The van der Waals surface area contributed by atoms with Crippen molar-refractivity contribution in [3.8, 4) is 0 Å². The van der Waals surface area contributed by atoms with Gasteiger partial charge in [-0.1, -0.05) is 6.08 Å². The van der Waals surface area contributed by atoms with E-state index in [-0.39, 0.29) is 0 Å². The van der Waals surface area contributed by atoms with E-state index in [2.05, 4.69) is 22.5 Å². The van der Waals surface area contributed by atoms with Crippen molar-refractivity contribution in [1.82, 2.24) is 10.2 Å². The summed E-state index contributed by atoms with van der Waals surface area (Å²) < 4.78 is 0. The molecule has 1 atom stereocenters. The molecule has 0 bridgehead atoms. The third-order valence-electron chi connectivity index (χ3n) is 2.19. The van der Waals surface area contributed by atoms with Gasteiger partial charge in [0.1, 0.15) is 0 Å². The second-order valence-corrected chi connectivity index (χ2v) is 2.94. The van der Waals surface area contributed by atoms with E-state index in [1.807, 2.05) is 0 Å². The van der Waals surface area contributed by atoms with Crippen LogP contribution in [0.25, 0.3) is 0 Å². The molecule has 0 spiro atoms. The Labute approximate surface area is 61.9 Å². The molecule has 0 aromatic rings. The molecule has 0 saturated carbocycles. The summed E-state index contributed by atoms with van der Waals surface area (Å²) in [6, 6.07) is 0. The fourth-order valence-electron chi connectivity index (χ4n) is 1.63. The fraction of sp³-hybridized carbons (Fsp3) is 0.750. The minimum atomic E-state index is 0.527. The lowest BCUT2D eigenvalue weighted by Crippen LogP contribution is -2.32. The topological polar surface area (TPSA) is 17.3 Å². The average molecular weight is 137 g/mol. The van der Waals surface area contributed by atoms with E-state index in [0.29, 0.717) is 6.17 Å². The molecule has 10 heavy (non-hydrogen) atoms. The van der Waals surface area contributed by atoms with Crippen molar-refractivity contribution < 1.29 is 0 Å². The van der Waals surface area contributed by atoms with Crippen LogP contribution >= 0.6 is 0 Å². The SMILES string of the molecule is C1=CN(C2CCC[N]2)CC1. The summed E-state index contributed by atoms with van der Waals surface area (Å²) in [6.45, 7) is 2.27. The van der Waals surface area contributed by atoms with Crippen molar-refractivity contribution in [3.05, 3.63) is 12.3 Å². The normalized spacial score (nSPS) is 32.0. The molecule has 1 fully saturated rings. The Morgan fingerprint density at radius 3 is 3.10 bits per heavy atom. The second-order valence-electron chi connectivity index (χ2n) is 2.94. The van der Waals surface area contributed by atoms with E-state index < -0.39 is 0 Å². The molecule has 2 heteroatoms. The average Bonchev–Trinajstić information content (AvgIpc) is 2.59. The molecule has 2 nitrogen and oxygen atoms in total. The summed E-state index contributed by atoms with van der Waals surface area (Å²) in [4.78, 5) is 2.35. The number of rotatable bonds is 1. The Bertz CT molecular complexity index is 136. The molecular weight excluding hydrogens is 124 g/mol. The molecule has 0 aromatic heterocycles. The zero-order valence-electron chi connectivity index (χ0n) is 6.16. The van der Waals surface area contributed by atoms with Crippen molar-refractivity contribution in [2.75, 3.05) is 13.1 Å². The van der Waals surface area contributed by atoms with Gasteiger partial charge in [0.05, 0.1) is 6.17 Å². The van der Waals surface area contributed by atoms with E-state index in [0.717, 1.165) is 6.54 Å². The molecule has 2 aliphatic heterocycles. The Morgan fingerprint density at radius 1 is 1.50 bits per heavy atom. The van der Waals surface area contributed by atoms with Crippen LogP contribution in [0.2, 0.25) is 0 Å². The zero-order chi connectivity index (χ0) is 6.81. The van der Waals surface area contributed by atoms with Crippen LogP contribution in [-0.2, 0) is 0 Å². The molecule has 1 saturated heterocycles. The Balaban J connectivity index is 1.91. The number of nitrogens with zero attached hydrogens (tertiary/aromatic N) is 2. The van der Waals surface area contributed by atoms with E-state index in [4.69, 9.17) is 0 Å². The van der Waals surface area contributed by atoms with Crippen molar-refractivity contribution in [2.45, 2.75) is 25.4 Å². The Kier molecular flexibility index (Phi) is 1.63. The highest BCUT2D eigenvalue weighted by Gasteiger charge is 2.21. The molecule has 0 N–H and O–H groups in total. The zero-order valence-corrected chi connectivity index (χ0v) is 6.16. The van der Waals surface area contributed by atoms with Crippen molar-refractivity contribution >= 4 is 0 Å². The van der Waals surface area contributed by atoms with Gasteiger partial charge in [-0.05, 0) is 25.5 Å². The van der Waals surface area contributed by atoms with Crippen molar-refractivity contribution in [1.29, 1.82) is 0 Å². The van der Waals surface area contributed by atoms with Crippen LogP contribution in [0, 0.1) is 0 Å². The Hall–Kier alpha value is -0.500. The van der Waals surface area contributed by atoms with Crippen LogP contribution in [0.15, 0.2) is 12.3 Å². The highest BCUT2D eigenvalue weighted by molar-refractivity contribution is 4.94. The van der Waals surface area contributed by atoms with Crippen LogP contribution in [0.4, 0.5) is 0 Å². The summed E-state index contributed by atoms with van der Waals surface area (Å²) in [5.74, 6) is 0. The van der Waals surface area contributed by atoms with Gasteiger partial charge < -0.3 is 4.90 Å². The minimum absolute atomic E-state index is 0.527. The summed E-state index contributed by atoms with van der Waals surface area (Å²) in [5.41, 5.74) is 0. The number of hydrogen-bond acceptors (Lipinski definition) is 1. The van der Waals surface area contributed by atoms with Crippen LogP contribution in [0.1, 0.15) is 19.3 Å². The van der Waals surface area contributed by atoms with Gasteiger partial charge in [-0.15, -0.1) is 0 Å². The van der Waals surface area contributed by atoms with Gasteiger partial charge in [-0.25, -0.2) is 5.32 Å². The van der Waals surface area contributed by atoms with Crippen LogP contribution in [0.5, 0.6) is 0 Å². The first-order chi connectivity index (χ1) is 4.97. The van der Waals surface area contributed by atoms with Crippen molar-refractivity contribution in [3.63, 3.8) is 0 Å². The monoisotopic (exact) mass is 137 g/mol. The summed E-state index contributed by atoms with van der Waals surface area (Å²) in [6.07, 6.45) is 8.72. The van der Waals surface area contributed by atoms with Gasteiger partial charge in [0.25, 0.3) is 0 Å². The standard InChI is InChI=1S/C8H13N2/c1-2-7-10(6-1)8-4-3-5-9-8/h1,6,8H,2-5,7H2. The lowest BCUT2D eigenvalue weighted by molar-refractivity contribution is 0.272. The molecule has 1 unspecified atom stereocenters. The van der Waals surface area contributed by atoms with Crippen molar-refractivity contribution in [2.24, 2.45) is 0 Å². The fourth-order valence-corrected chi connectivity index (χ4v) is 1.63. The van der Waals surface area contributed by atoms with E-state index in [9.17, 15) is 0 Å². The molecule has 0 aromatic carbocycles. The lowest BCUT2D eigenvalue weighted by atomic mass is 10.3. The van der Waals surface area contributed by atoms with Gasteiger partial charge >= 0.3 is 0 Å². The lowest BCUT2D eigenvalue weighted by Gasteiger charge is -2.22.